The number of fused-ring (bicyclic) bond motifs is 3. The van der Waals surface area contributed by atoms with Crippen LogP contribution in [0.3, 0.4) is 0 Å². The Morgan fingerprint density at radius 2 is 2.10 bits per heavy atom. The second-order valence-electron chi connectivity index (χ2n) is 8.51. The third-order valence-electron chi connectivity index (χ3n) is 5.95. The van der Waals surface area contributed by atoms with Crippen LogP contribution in [0.1, 0.15) is 30.0 Å². The number of nitro groups is 1. The molecule has 9 nitrogen and oxygen atoms in total. The number of anilines is 1. The lowest BCUT2D eigenvalue weighted by molar-refractivity contribution is -0.384. The first-order valence-electron chi connectivity index (χ1n) is 10.5. The fourth-order valence-electron chi connectivity index (χ4n) is 4.40. The smallest absolute Gasteiger partial charge is 0.289 e. The molecule has 0 unspecified atom stereocenters. The van der Waals surface area contributed by atoms with E-state index in [0.29, 0.717) is 38.5 Å². The molecule has 2 aliphatic heterocycles. The summed E-state index contributed by atoms with van der Waals surface area (Å²) in [5.41, 5.74) is 1.71. The number of rotatable bonds is 5. The van der Waals surface area contributed by atoms with Crippen LogP contribution in [-0.2, 0) is 11.2 Å². The van der Waals surface area contributed by atoms with E-state index in [1.165, 1.54) is 12.3 Å². The summed E-state index contributed by atoms with van der Waals surface area (Å²) in [5, 5.41) is 14.3. The Morgan fingerprint density at radius 3 is 2.77 bits per heavy atom. The normalized spacial score (nSPS) is 20.2. The first kappa shape index (κ1) is 20.9. The van der Waals surface area contributed by atoms with Gasteiger partial charge in [-0.3, -0.25) is 19.7 Å². The molecule has 1 N–H and O–H groups in total. The van der Waals surface area contributed by atoms with Crippen molar-refractivity contribution in [2.45, 2.75) is 26.3 Å². The van der Waals surface area contributed by atoms with Crippen LogP contribution < -0.4 is 10.2 Å². The molecule has 2 amide bonds. The maximum atomic E-state index is 13.1. The molecule has 164 valence electrons. The summed E-state index contributed by atoms with van der Waals surface area (Å²) in [7, 11) is 0. The van der Waals surface area contributed by atoms with Gasteiger partial charge in [0.2, 0.25) is 5.91 Å². The minimum Gasteiger partial charge on any atom is -0.459 e. The van der Waals surface area contributed by atoms with Crippen molar-refractivity contribution in [3.8, 4) is 0 Å². The SMILES string of the molecule is CC(C)CNC(=O)[C@H]1Cc2cc([N+](=O)[O-])ccc2N2CCN(C(=O)c3ccco3)C[C@H]12. The van der Waals surface area contributed by atoms with E-state index in [9.17, 15) is 19.7 Å². The molecule has 2 aromatic rings. The van der Waals surface area contributed by atoms with Crippen molar-refractivity contribution in [1.82, 2.24) is 10.2 Å². The van der Waals surface area contributed by atoms with E-state index in [0.717, 1.165) is 11.3 Å². The first-order valence-corrected chi connectivity index (χ1v) is 10.5. The van der Waals surface area contributed by atoms with E-state index < -0.39 is 10.8 Å². The Kier molecular flexibility index (Phi) is 5.67. The van der Waals surface area contributed by atoms with E-state index >= 15 is 0 Å². The van der Waals surface area contributed by atoms with Crippen LogP contribution in [0.4, 0.5) is 11.4 Å². The molecule has 1 aromatic carbocycles. The van der Waals surface area contributed by atoms with Gasteiger partial charge in [-0.05, 0) is 36.1 Å². The Hall–Kier alpha value is -3.36. The van der Waals surface area contributed by atoms with Crippen molar-refractivity contribution in [3.05, 3.63) is 58.0 Å². The standard InChI is InChI=1S/C22H26N4O5/c1-14(2)12-23-21(27)17-11-15-10-16(26(29)30)5-6-18(15)25-8-7-24(13-19(17)25)22(28)20-4-3-9-31-20/h3-6,9-10,14,17,19H,7-8,11-13H2,1-2H3,(H,23,27)/t17-,19+/m0/s1. The molecule has 31 heavy (non-hydrogen) atoms. The highest BCUT2D eigenvalue weighted by Crippen LogP contribution is 2.38. The second kappa shape index (κ2) is 8.41. The lowest BCUT2D eigenvalue weighted by Gasteiger charge is -2.48. The number of benzene rings is 1. The van der Waals surface area contributed by atoms with E-state index in [4.69, 9.17) is 4.42 Å². The van der Waals surface area contributed by atoms with E-state index in [1.807, 2.05) is 13.8 Å². The number of nitro benzene ring substituents is 1. The maximum absolute atomic E-state index is 13.1. The summed E-state index contributed by atoms with van der Waals surface area (Å²) < 4.78 is 5.27. The van der Waals surface area contributed by atoms with Gasteiger partial charge in [-0.15, -0.1) is 0 Å². The average Bonchev–Trinajstić information content (AvgIpc) is 3.30. The van der Waals surface area contributed by atoms with Gasteiger partial charge >= 0.3 is 0 Å². The van der Waals surface area contributed by atoms with Gasteiger partial charge < -0.3 is 19.5 Å². The zero-order valence-electron chi connectivity index (χ0n) is 17.6. The van der Waals surface area contributed by atoms with Crippen molar-refractivity contribution in [1.29, 1.82) is 0 Å². The van der Waals surface area contributed by atoms with E-state index in [2.05, 4.69) is 10.2 Å². The molecule has 1 aromatic heterocycles. The molecule has 0 spiro atoms. The highest BCUT2D eigenvalue weighted by molar-refractivity contribution is 5.92. The number of furan rings is 1. The quantitative estimate of drug-likeness (QED) is 0.581. The zero-order valence-corrected chi connectivity index (χ0v) is 17.6. The molecule has 2 aliphatic rings. The van der Waals surface area contributed by atoms with Crippen LogP contribution in [0, 0.1) is 22.0 Å². The van der Waals surface area contributed by atoms with Gasteiger partial charge in [0.05, 0.1) is 23.1 Å². The first-order chi connectivity index (χ1) is 14.8. The average molecular weight is 426 g/mol. The van der Waals surface area contributed by atoms with Gasteiger partial charge in [0.1, 0.15) is 0 Å². The number of nitrogens with zero attached hydrogens (tertiary/aromatic N) is 3. The molecular formula is C22H26N4O5. The third kappa shape index (κ3) is 4.12. The van der Waals surface area contributed by atoms with Gasteiger partial charge in [0, 0.05) is 44.0 Å². The number of hydrogen-bond donors (Lipinski definition) is 1. The molecule has 9 heteroatoms. The molecule has 4 rings (SSSR count). The van der Waals surface area contributed by atoms with E-state index in [-0.39, 0.29) is 29.3 Å². The highest BCUT2D eigenvalue weighted by atomic mass is 16.6. The van der Waals surface area contributed by atoms with Crippen LogP contribution in [0.5, 0.6) is 0 Å². The summed E-state index contributed by atoms with van der Waals surface area (Å²) in [6.45, 7) is 6.00. The largest absolute Gasteiger partial charge is 0.459 e. The summed E-state index contributed by atoms with van der Waals surface area (Å²) in [6.07, 6.45) is 1.86. The molecule has 0 saturated carbocycles. The highest BCUT2D eigenvalue weighted by Gasteiger charge is 2.43. The van der Waals surface area contributed by atoms with Crippen LogP contribution in [0.25, 0.3) is 0 Å². The fourth-order valence-corrected chi connectivity index (χ4v) is 4.40. The number of non-ortho nitro benzene ring substituents is 1. The summed E-state index contributed by atoms with van der Waals surface area (Å²) in [5.74, 6) is -0.115. The van der Waals surface area contributed by atoms with Crippen molar-refractivity contribution < 1.29 is 18.9 Å². The topological polar surface area (TPSA) is 109 Å². The van der Waals surface area contributed by atoms with Crippen LogP contribution in [0.15, 0.2) is 41.0 Å². The number of hydrogen-bond acceptors (Lipinski definition) is 6. The van der Waals surface area contributed by atoms with Crippen molar-refractivity contribution >= 4 is 23.2 Å². The molecular weight excluding hydrogens is 400 g/mol. The number of nitrogens with one attached hydrogen (secondary N) is 1. The third-order valence-corrected chi connectivity index (χ3v) is 5.95. The Balaban J connectivity index is 1.64. The summed E-state index contributed by atoms with van der Waals surface area (Å²) >= 11 is 0. The number of amides is 2. The number of carbonyl (C=O) groups is 2. The predicted molar refractivity (Wildman–Crippen MR) is 114 cm³/mol. The molecule has 0 aliphatic carbocycles. The molecule has 0 bridgehead atoms. The fraction of sp³-hybridized carbons (Fsp3) is 0.455. The van der Waals surface area contributed by atoms with Crippen molar-refractivity contribution in [2.75, 3.05) is 31.1 Å². The molecule has 1 fully saturated rings. The van der Waals surface area contributed by atoms with Gasteiger partial charge in [0.25, 0.3) is 11.6 Å². The molecule has 1 saturated heterocycles. The van der Waals surface area contributed by atoms with Gasteiger partial charge in [-0.2, -0.15) is 0 Å². The lowest BCUT2D eigenvalue weighted by atomic mass is 9.83. The maximum Gasteiger partial charge on any atom is 0.289 e. The van der Waals surface area contributed by atoms with Gasteiger partial charge in [-0.25, -0.2) is 0 Å². The molecule has 3 heterocycles. The van der Waals surface area contributed by atoms with Gasteiger partial charge in [0.15, 0.2) is 5.76 Å². The number of carbonyl (C=O) groups excluding carboxylic acids is 2. The Bertz CT molecular complexity index is 988. The Labute approximate surface area is 180 Å². The predicted octanol–water partition coefficient (Wildman–Crippen LogP) is 2.46. The monoisotopic (exact) mass is 426 g/mol. The minimum absolute atomic E-state index is 0.0187. The minimum atomic E-state index is -0.416. The van der Waals surface area contributed by atoms with Gasteiger partial charge in [-0.1, -0.05) is 13.8 Å². The van der Waals surface area contributed by atoms with Crippen LogP contribution in [0.2, 0.25) is 0 Å². The summed E-state index contributed by atoms with van der Waals surface area (Å²) in [6, 6.07) is 7.91. The number of piperazine rings is 1. The second-order valence-corrected chi connectivity index (χ2v) is 8.51. The molecule has 2 atom stereocenters. The van der Waals surface area contributed by atoms with Crippen LogP contribution >= 0.6 is 0 Å². The van der Waals surface area contributed by atoms with Crippen LogP contribution in [-0.4, -0.2) is 53.9 Å². The van der Waals surface area contributed by atoms with E-state index in [1.54, 1.807) is 29.2 Å². The Morgan fingerprint density at radius 1 is 1.29 bits per heavy atom. The van der Waals surface area contributed by atoms with Crippen molar-refractivity contribution in [3.63, 3.8) is 0 Å². The summed E-state index contributed by atoms with van der Waals surface area (Å²) in [4.78, 5) is 40.6. The van der Waals surface area contributed by atoms with Crippen molar-refractivity contribution in [2.24, 2.45) is 11.8 Å². The lowest BCUT2D eigenvalue weighted by Crippen LogP contribution is -2.62. The zero-order chi connectivity index (χ0) is 22.1. The molecule has 0 radical (unpaired) electrons.